The van der Waals surface area contributed by atoms with E-state index in [2.05, 4.69) is 43.4 Å². The molecule has 1 fully saturated rings. The molecule has 2 unspecified atom stereocenters. The zero-order chi connectivity index (χ0) is 12.1. The molecular formula is C15H23NO. The Balaban J connectivity index is 1.93. The fourth-order valence-electron chi connectivity index (χ4n) is 2.30. The Bertz CT molecular complexity index is 325. The molecule has 1 heterocycles. The molecule has 0 radical (unpaired) electrons. The number of nitrogens with one attached hydrogen (secondary N) is 1. The van der Waals surface area contributed by atoms with Gasteiger partial charge in [-0.3, -0.25) is 0 Å². The third-order valence-electron chi connectivity index (χ3n) is 3.42. The largest absolute Gasteiger partial charge is 0.494 e. The smallest absolute Gasteiger partial charge is 0.119 e. The van der Waals surface area contributed by atoms with Gasteiger partial charge in [0.15, 0.2) is 0 Å². The lowest BCUT2D eigenvalue weighted by atomic mass is 9.92. The zero-order valence-electron chi connectivity index (χ0n) is 10.9. The van der Waals surface area contributed by atoms with Crippen LogP contribution in [0.1, 0.15) is 44.7 Å². The second kappa shape index (κ2) is 6.06. The molecule has 0 amide bonds. The topological polar surface area (TPSA) is 21.3 Å². The summed E-state index contributed by atoms with van der Waals surface area (Å²) in [6.07, 6.45) is 3.63. The first-order valence-corrected chi connectivity index (χ1v) is 6.75. The summed E-state index contributed by atoms with van der Waals surface area (Å²) < 4.78 is 5.59. The number of benzene rings is 1. The van der Waals surface area contributed by atoms with Gasteiger partial charge in [-0.25, -0.2) is 0 Å². The molecule has 0 bridgehead atoms. The summed E-state index contributed by atoms with van der Waals surface area (Å²) in [6.45, 7) is 6.38. The molecule has 2 rings (SSSR count). The molecule has 2 atom stereocenters. The third kappa shape index (κ3) is 3.47. The van der Waals surface area contributed by atoms with E-state index in [1.54, 1.807) is 0 Å². The van der Waals surface area contributed by atoms with Gasteiger partial charge in [-0.1, -0.05) is 26.0 Å². The normalized spacial score (nSPS) is 24.6. The second-order valence-corrected chi connectivity index (χ2v) is 5.06. The van der Waals surface area contributed by atoms with E-state index >= 15 is 0 Å². The highest BCUT2D eigenvalue weighted by molar-refractivity contribution is 5.29. The Morgan fingerprint density at radius 1 is 1.24 bits per heavy atom. The van der Waals surface area contributed by atoms with E-state index in [-0.39, 0.29) is 0 Å². The molecule has 1 aliphatic heterocycles. The van der Waals surface area contributed by atoms with Crippen molar-refractivity contribution in [3.63, 3.8) is 0 Å². The predicted octanol–water partition coefficient (Wildman–Crippen LogP) is 3.54. The third-order valence-corrected chi connectivity index (χ3v) is 3.42. The standard InChI is InChI=1S/C15H23NO/c1-3-10-17-14-7-5-13(6-8-14)15-9-4-12(2)11-16-15/h5-8,12,15-16H,3-4,9-11H2,1-2H3. The average molecular weight is 233 g/mol. The number of ether oxygens (including phenoxy) is 1. The van der Waals surface area contributed by atoms with E-state index in [1.165, 1.54) is 18.4 Å². The Labute approximate surface area is 104 Å². The lowest BCUT2D eigenvalue weighted by molar-refractivity contribution is 0.316. The lowest BCUT2D eigenvalue weighted by Gasteiger charge is -2.28. The molecule has 1 aromatic carbocycles. The van der Waals surface area contributed by atoms with Crippen molar-refractivity contribution in [1.29, 1.82) is 0 Å². The summed E-state index contributed by atoms with van der Waals surface area (Å²) in [5, 5.41) is 3.61. The summed E-state index contributed by atoms with van der Waals surface area (Å²) in [4.78, 5) is 0. The van der Waals surface area contributed by atoms with Crippen molar-refractivity contribution >= 4 is 0 Å². The van der Waals surface area contributed by atoms with Gasteiger partial charge >= 0.3 is 0 Å². The van der Waals surface area contributed by atoms with Crippen LogP contribution in [0.2, 0.25) is 0 Å². The highest BCUT2D eigenvalue weighted by Crippen LogP contribution is 2.26. The minimum Gasteiger partial charge on any atom is -0.494 e. The summed E-state index contributed by atoms with van der Waals surface area (Å²) in [6, 6.07) is 9.10. The first kappa shape index (κ1) is 12.4. The van der Waals surface area contributed by atoms with Gasteiger partial charge in [-0.15, -0.1) is 0 Å². The van der Waals surface area contributed by atoms with Crippen LogP contribution >= 0.6 is 0 Å². The Kier molecular flexibility index (Phi) is 4.43. The van der Waals surface area contributed by atoms with Crippen LogP contribution in [0, 0.1) is 5.92 Å². The van der Waals surface area contributed by atoms with Crippen molar-refractivity contribution in [2.75, 3.05) is 13.2 Å². The van der Waals surface area contributed by atoms with Crippen molar-refractivity contribution in [2.45, 2.75) is 39.2 Å². The first-order chi connectivity index (χ1) is 8.29. The molecule has 2 heteroatoms. The van der Waals surface area contributed by atoms with Gasteiger partial charge in [0.1, 0.15) is 5.75 Å². The SMILES string of the molecule is CCCOc1ccc(C2CCC(C)CN2)cc1. The molecule has 94 valence electrons. The van der Waals surface area contributed by atoms with E-state index in [0.717, 1.165) is 31.2 Å². The zero-order valence-corrected chi connectivity index (χ0v) is 10.9. The maximum Gasteiger partial charge on any atom is 0.119 e. The lowest BCUT2D eigenvalue weighted by Crippen LogP contribution is -2.31. The highest BCUT2D eigenvalue weighted by Gasteiger charge is 2.18. The van der Waals surface area contributed by atoms with E-state index in [0.29, 0.717) is 6.04 Å². The minimum absolute atomic E-state index is 0.534. The van der Waals surface area contributed by atoms with Crippen LogP contribution in [-0.4, -0.2) is 13.2 Å². The minimum atomic E-state index is 0.534. The van der Waals surface area contributed by atoms with E-state index in [1.807, 2.05) is 0 Å². The van der Waals surface area contributed by atoms with Gasteiger partial charge in [0.25, 0.3) is 0 Å². The van der Waals surface area contributed by atoms with Crippen molar-refractivity contribution < 1.29 is 4.74 Å². The molecule has 0 aliphatic carbocycles. The van der Waals surface area contributed by atoms with Crippen LogP contribution in [0.4, 0.5) is 0 Å². The molecule has 2 nitrogen and oxygen atoms in total. The average Bonchev–Trinajstić information content (AvgIpc) is 2.38. The summed E-state index contributed by atoms with van der Waals surface area (Å²) in [7, 11) is 0. The first-order valence-electron chi connectivity index (χ1n) is 6.75. The summed E-state index contributed by atoms with van der Waals surface area (Å²) in [5.41, 5.74) is 1.39. The molecule has 0 saturated carbocycles. The van der Waals surface area contributed by atoms with E-state index in [9.17, 15) is 0 Å². The fourth-order valence-corrected chi connectivity index (χ4v) is 2.30. The molecule has 0 aromatic heterocycles. The second-order valence-electron chi connectivity index (χ2n) is 5.06. The Morgan fingerprint density at radius 2 is 2.00 bits per heavy atom. The van der Waals surface area contributed by atoms with Crippen molar-refractivity contribution in [2.24, 2.45) is 5.92 Å². The van der Waals surface area contributed by atoms with Crippen LogP contribution in [0.3, 0.4) is 0 Å². The van der Waals surface area contributed by atoms with Crippen LogP contribution in [0.5, 0.6) is 5.75 Å². The molecule has 1 saturated heterocycles. The quantitative estimate of drug-likeness (QED) is 0.859. The van der Waals surface area contributed by atoms with Gasteiger partial charge in [-0.2, -0.15) is 0 Å². The maximum atomic E-state index is 5.59. The van der Waals surface area contributed by atoms with Crippen LogP contribution in [0.15, 0.2) is 24.3 Å². The molecule has 1 aliphatic rings. The van der Waals surface area contributed by atoms with E-state index in [4.69, 9.17) is 4.74 Å². The predicted molar refractivity (Wildman–Crippen MR) is 71.4 cm³/mol. The van der Waals surface area contributed by atoms with E-state index < -0.39 is 0 Å². The fraction of sp³-hybridized carbons (Fsp3) is 0.600. The number of rotatable bonds is 4. The maximum absolute atomic E-state index is 5.59. The van der Waals surface area contributed by atoms with Gasteiger partial charge in [-0.05, 0) is 49.4 Å². The molecule has 0 spiro atoms. The number of hydrogen-bond donors (Lipinski definition) is 1. The molecule has 17 heavy (non-hydrogen) atoms. The number of hydrogen-bond acceptors (Lipinski definition) is 2. The number of piperidine rings is 1. The van der Waals surface area contributed by atoms with Gasteiger partial charge in [0.05, 0.1) is 6.61 Å². The van der Waals surface area contributed by atoms with Crippen molar-refractivity contribution in [3.05, 3.63) is 29.8 Å². The summed E-state index contributed by atoms with van der Waals surface area (Å²) in [5.74, 6) is 1.80. The van der Waals surface area contributed by atoms with Gasteiger partial charge in [0.2, 0.25) is 0 Å². The monoisotopic (exact) mass is 233 g/mol. The Morgan fingerprint density at radius 3 is 2.59 bits per heavy atom. The molecule has 1 aromatic rings. The van der Waals surface area contributed by atoms with Crippen molar-refractivity contribution in [1.82, 2.24) is 5.32 Å². The molecule has 1 N–H and O–H groups in total. The molecular weight excluding hydrogens is 210 g/mol. The highest BCUT2D eigenvalue weighted by atomic mass is 16.5. The van der Waals surface area contributed by atoms with Gasteiger partial charge in [0, 0.05) is 6.04 Å². The Hall–Kier alpha value is -1.02. The summed E-state index contributed by atoms with van der Waals surface area (Å²) >= 11 is 0. The van der Waals surface area contributed by atoms with Crippen LogP contribution in [-0.2, 0) is 0 Å². The van der Waals surface area contributed by atoms with Crippen LogP contribution in [0.25, 0.3) is 0 Å². The van der Waals surface area contributed by atoms with Gasteiger partial charge < -0.3 is 10.1 Å². The van der Waals surface area contributed by atoms with Crippen LogP contribution < -0.4 is 10.1 Å². The van der Waals surface area contributed by atoms with Crippen molar-refractivity contribution in [3.8, 4) is 5.75 Å².